The van der Waals surface area contributed by atoms with Crippen molar-refractivity contribution in [2.24, 2.45) is 0 Å². The van der Waals surface area contributed by atoms with Crippen LogP contribution in [0, 0.1) is 67.2 Å². The molecule has 0 unspecified atom stereocenters. The number of amides is 4. The van der Waals surface area contributed by atoms with Crippen LogP contribution >= 0.6 is 0 Å². The van der Waals surface area contributed by atoms with Crippen LogP contribution in [0.1, 0.15) is 147 Å². The number of benzene rings is 8. The minimum Gasteiger partial charge on any atom is -0.322 e. The lowest BCUT2D eigenvalue weighted by molar-refractivity contribution is -0.138. The second-order valence-electron chi connectivity index (χ2n) is 31.0. The maximum atomic E-state index is 13.1. The lowest BCUT2D eigenvalue weighted by Crippen LogP contribution is -2.14. The molecule has 0 spiro atoms. The third-order valence-electron chi connectivity index (χ3n) is 20.5. The number of alkyl halides is 9. The number of pyridine rings is 8. The second kappa shape index (κ2) is 40.0. The molecule has 8 N–H and O–H groups in total. The van der Waals surface area contributed by atoms with Crippen LogP contribution in [0.15, 0.2) is 268 Å². The molecule has 132 heavy (non-hydrogen) atoms. The molecular weight excluding hydrogens is 1700 g/mol. The monoisotopic (exact) mass is 1780 g/mol. The van der Waals surface area contributed by atoms with Crippen LogP contribution in [-0.2, 0) is 18.5 Å². The van der Waals surface area contributed by atoms with Crippen LogP contribution in [0.5, 0.6) is 0 Å². The highest BCUT2D eigenvalue weighted by Crippen LogP contribution is 2.35. The summed E-state index contributed by atoms with van der Waals surface area (Å²) in [6.07, 6.45) is 4.21. The van der Waals surface area contributed by atoms with Gasteiger partial charge < -0.3 is 41.2 Å². The van der Waals surface area contributed by atoms with E-state index in [1.54, 1.807) is 111 Å². The highest BCUT2D eigenvalue weighted by atomic mass is 19.4. The number of hydrogen-bond acceptors (Lipinski definition) is 12. The fourth-order valence-electron chi connectivity index (χ4n) is 13.6. The van der Waals surface area contributed by atoms with Gasteiger partial charge in [-0.05, 0) is 297 Å². The Labute approximate surface area is 747 Å². The molecule has 0 aliphatic rings. The van der Waals surface area contributed by atoms with Gasteiger partial charge in [0, 0.05) is 127 Å². The molecule has 0 fully saturated rings. The van der Waals surface area contributed by atoms with E-state index in [-0.39, 0.29) is 45.0 Å². The Balaban J connectivity index is 0.000000150. The van der Waals surface area contributed by atoms with Crippen molar-refractivity contribution in [2.45, 2.75) is 73.9 Å². The fraction of sp³-hybridized carbons (Fsp3) is 0.107. The van der Waals surface area contributed by atoms with Crippen molar-refractivity contribution in [3.63, 3.8) is 0 Å². The van der Waals surface area contributed by atoms with Gasteiger partial charge in [-0.25, -0.2) is 19.9 Å². The first-order valence-electron chi connectivity index (χ1n) is 40.6. The summed E-state index contributed by atoms with van der Waals surface area (Å²) in [4.78, 5) is 124. The summed E-state index contributed by atoms with van der Waals surface area (Å²) in [5.74, 6) is 4.12. The predicted molar refractivity (Wildman–Crippen MR) is 498 cm³/mol. The van der Waals surface area contributed by atoms with Crippen molar-refractivity contribution in [1.82, 2.24) is 39.9 Å². The van der Waals surface area contributed by atoms with Gasteiger partial charge in [-0.2, -0.15) is 39.5 Å². The molecule has 20 nitrogen and oxygen atoms in total. The van der Waals surface area contributed by atoms with E-state index < -0.39 is 52.9 Å². The number of hydrogen-bond donors (Lipinski definition) is 8. The molecule has 0 bridgehead atoms. The van der Waals surface area contributed by atoms with Crippen molar-refractivity contribution in [3.8, 4) is 11.8 Å². The number of aromatic nitrogens is 8. The summed E-state index contributed by atoms with van der Waals surface area (Å²) in [7, 11) is 0. The summed E-state index contributed by atoms with van der Waals surface area (Å²) >= 11 is 0. The molecule has 8 aromatic carbocycles. The van der Waals surface area contributed by atoms with E-state index >= 15 is 0 Å². The fourth-order valence-corrected chi connectivity index (χ4v) is 13.6. The zero-order valence-electron chi connectivity index (χ0n) is 71.6. The molecule has 16 rings (SSSR count). The molecule has 8 aromatic heterocycles. The number of nitrogens with zero attached hydrogens (tertiary/aromatic N) is 4. The van der Waals surface area contributed by atoms with Crippen LogP contribution in [0.2, 0.25) is 0 Å². The summed E-state index contributed by atoms with van der Waals surface area (Å²) < 4.78 is 118. The van der Waals surface area contributed by atoms with E-state index in [0.717, 1.165) is 125 Å². The minimum atomic E-state index is -4.54. The summed E-state index contributed by atoms with van der Waals surface area (Å²) in [6, 6.07) is 58.7. The van der Waals surface area contributed by atoms with Gasteiger partial charge in [0.25, 0.3) is 23.6 Å². The van der Waals surface area contributed by atoms with Crippen LogP contribution in [0.3, 0.4) is 0 Å². The normalized spacial score (nSPS) is 11.5. The van der Waals surface area contributed by atoms with Crippen LogP contribution in [0.4, 0.5) is 62.3 Å². The van der Waals surface area contributed by atoms with Crippen molar-refractivity contribution in [1.29, 1.82) is 0 Å². The van der Waals surface area contributed by atoms with Crippen molar-refractivity contribution < 1.29 is 58.7 Å². The Hall–Kier alpha value is -16.8. The molecule has 0 aliphatic heterocycles. The number of anilines is 4. The molecule has 16 aromatic rings. The Morgan fingerprint density at radius 1 is 0.295 bits per heavy atom. The zero-order chi connectivity index (χ0) is 94.5. The Morgan fingerprint density at radius 3 is 1.05 bits per heavy atom. The maximum Gasteiger partial charge on any atom is 0.416 e. The number of nitrogens with one attached hydrogen (secondary N) is 8. The third kappa shape index (κ3) is 24.9. The number of aryl methyl sites for hydroxylation is 8. The van der Waals surface area contributed by atoms with Crippen LogP contribution < -0.4 is 43.5 Å². The van der Waals surface area contributed by atoms with Crippen LogP contribution in [-0.4, -0.2) is 63.5 Å². The Kier molecular flexibility index (Phi) is 28.2. The topological polar surface area (TPSA) is 299 Å². The molecule has 4 amide bonds. The lowest BCUT2D eigenvalue weighted by Gasteiger charge is -2.12. The Bertz CT molecular complexity index is 7650. The first-order chi connectivity index (χ1) is 62.7. The smallest absolute Gasteiger partial charge is 0.322 e. The Morgan fingerprint density at radius 2 is 0.636 bits per heavy atom. The van der Waals surface area contributed by atoms with Gasteiger partial charge in [0.2, 0.25) is 22.2 Å². The predicted octanol–water partition coefficient (Wildman–Crippen LogP) is 22.1. The largest absolute Gasteiger partial charge is 0.416 e. The first-order valence-corrected chi connectivity index (χ1v) is 40.6. The number of fused-ring (bicyclic) bond motifs is 4. The minimum absolute atomic E-state index is 0.0646. The van der Waals surface area contributed by atoms with Crippen molar-refractivity contribution in [3.05, 3.63) is 419 Å². The van der Waals surface area contributed by atoms with E-state index in [9.17, 15) is 77.9 Å². The SMILES string of the molecule is Cc1cc(C(=O)Nc2ccc(C)c(/C=C/c3cnc4[nH]c(=O)ccc4c3)c2)cc(C(F)(F)F)c1.Cc1cc(C(=O)Nc2ccc(C)c(C#Cc3cnc4[nH]c(=O)ccc4c3)c2)cc(C(F)(F)F)c1.Cc1cc(NC(=O)c2ccc(C)c(/C=C/c3cnc4[nH]c(=O)ccc4c3)c2)cc(C(F)(F)F)c1.Cc1cccc(NC(=O)c2ccc(C)c(/C=C/c3cnc4[nH]c(=O)ccc4c3)c2)c1. The van der Waals surface area contributed by atoms with Gasteiger partial charge in [-0.3, -0.25) is 38.4 Å². The number of aromatic amines is 4. The number of carbonyl (C=O) groups excluding carboxylic acids is 4. The average Bonchev–Trinajstić information content (AvgIpc) is 0.848. The van der Waals surface area contributed by atoms with Gasteiger partial charge in [0.1, 0.15) is 22.6 Å². The van der Waals surface area contributed by atoms with Crippen molar-refractivity contribution in [2.75, 3.05) is 21.3 Å². The number of halogens is 9. The molecule has 0 atom stereocenters. The summed E-state index contributed by atoms with van der Waals surface area (Å²) in [5, 5.41) is 14.0. The van der Waals surface area contributed by atoms with E-state index in [1.165, 1.54) is 56.3 Å². The summed E-state index contributed by atoms with van der Waals surface area (Å²) in [6.45, 7) is 14.2. The van der Waals surface area contributed by atoms with Crippen molar-refractivity contribution >= 4 is 127 Å². The van der Waals surface area contributed by atoms with E-state index in [2.05, 4.69) is 73.0 Å². The van der Waals surface area contributed by atoms with Gasteiger partial charge >= 0.3 is 18.5 Å². The lowest BCUT2D eigenvalue weighted by atomic mass is 10.0. The van der Waals surface area contributed by atoms with Gasteiger partial charge in [0.15, 0.2) is 0 Å². The number of H-pyrrole nitrogens is 4. The summed E-state index contributed by atoms with van der Waals surface area (Å²) in [5.41, 5.74) is 13.4. The van der Waals surface area contributed by atoms with E-state index in [4.69, 9.17) is 0 Å². The molecule has 662 valence electrons. The second-order valence-corrected chi connectivity index (χ2v) is 31.0. The number of carbonyl (C=O) groups is 4. The average molecular weight is 1780 g/mol. The molecule has 0 aliphatic carbocycles. The molecule has 0 saturated carbocycles. The molecule has 8 heterocycles. The standard InChI is InChI=1S/C26H20F3N3O2.C26H18F3N3O2.C26H20F3N3O2.C25H21N3O2/c2*1-15-9-20(12-21(10-15)26(27,28)29)25(34)31-22-7-3-16(2)18(13-22)5-4-17-11-19-6-8-23(33)32-24(19)30-14-17;1-15-9-21(26(27,28)29)13-22(10-15)31-25(34)20-5-3-16(2)18(12-20)6-4-17-11-19-7-8-23(33)32-24(19)30-14-17;1-16-4-3-5-22(12-16)27-25(30)21-8-6-17(2)19(14-21)9-7-18-13-20-10-11-23(29)28-24(20)26-15-18/h3-14H,1-2H3,(H,31,34)(H,30,32,33);3,6-14H,1-2H3,(H,31,34)(H,30,32,33);3-14H,1-2H3,(H,31,34)(H,30,32,33);3-15H,1-2H3,(H,27,30)(H,26,28,29)/b5-4+;;6-4+;9-7+. The third-order valence-corrected chi connectivity index (χ3v) is 20.5. The highest BCUT2D eigenvalue weighted by Gasteiger charge is 2.34. The quantitative estimate of drug-likeness (QED) is 0.0372. The van der Waals surface area contributed by atoms with Gasteiger partial charge in [-0.15, -0.1) is 0 Å². The van der Waals surface area contributed by atoms with E-state index in [1.807, 2.05) is 138 Å². The zero-order valence-corrected chi connectivity index (χ0v) is 71.6. The first kappa shape index (κ1) is 92.9. The van der Waals surface area contributed by atoms with Crippen LogP contribution in [0.25, 0.3) is 80.6 Å². The molecule has 29 heteroatoms. The van der Waals surface area contributed by atoms with Gasteiger partial charge in [0.05, 0.1) is 16.7 Å². The van der Waals surface area contributed by atoms with E-state index in [0.29, 0.717) is 72.9 Å². The maximum absolute atomic E-state index is 13.1. The molecule has 0 saturated heterocycles. The van der Waals surface area contributed by atoms with Gasteiger partial charge in [-0.1, -0.05) is 84.7 Å². The molecular formula is C103H79F9N12O8. The number of rotatable bonds is 14. The highest BCUT2D eigenvalue weighted by molar-refractivity contribution is 6.07. The molecule has 0 radical (unpaired) electrons.